The second-order valence-electron chi connectivity index (χ2n) is 4.11. The molecular formula is C12H20N2O3. The minimum Gasteiger partial charge on any atom is -0.480 e. The number of ether oxygens (including phenoxy) is 3. The van der Waals surface area contributed by atoms with Gasteiger partial charge in [0.25, 0.3) is 0 Å². The third-order valence-electron chi connectivity index (χ3n) is 2.92. The molecular weight excluding hydrogens is 220 g/mol. The van der Waals surface area contributed by atoms with Gasteiger partial charge in [-0.1, -0.05) is 0 Å². The number of rotatable bonds is 3. The number of hydrogen-bond donors (Lipinski definition) is 0. The summed E-state index contributed by atoms with van der Waals surface area (Å²) in [5.41, 5.74) is 0. The van der Waals surface area contributed by atoms with Gasteiger partial charge in [-0.05, 0) is 20.3 Å². The first kappa shape index (κ1) is 12.4. The van der Waals surface area contributed by atoms with Crippen molar-refractivity contribution in [2.75, 3.05) is 33.0 Å². The van der Waals surface area contributed by atoms with Crippen molar-refractivity contribution < 1.29 is 14.2 Å². The summed E-state index contributed by atoms with van der Waals surface area (Å²) in [6.07, 6.45) is 1.01. The maximum atomic E-state index is 5.57. The van der Waals surface area contributed by atoms with Crippen LogP contribution in [0.1, 0.15) is 20.3 Å². The van der Waals surface area contributed by atoms with Gasteiger partial charge in [0.2, 0.25) is 11.8 Å². The van der Waals surface area contributed by atoms with E-state index < -0.39 is 0 Å². The number of hydrogen-bond acceptors (Lipinski definition) is 5. The Hall–Kier alpha value is -1.10. The summed E-state index contributed by atoms with van der Waals surface area (Å²) in [6, 6.07) is -0.0206. The lowest BCUT2D eigenvalue weighted by atomic mass is 9.99. The Morgan fingerprint density at radius 2 is 2.12 bits per heavy atom. The molecule has 5 heteroatoms. The van der Waals surface area contributed by atoms with Crippen molar-refractivity contribution in [3.8, 4) is 0 Å². The molecule has 96 valence electrons. The van der Waals surface area contributed by atoms with Crippen LogP contribution >= 0.6 is 0 Å². The molecule has 0 N–H and O–H groups in total. The van der Waals surface area contributed by atoms with E-state index in [1.807, 2.05) is 13.8 Å². The van der Waals surface area contributed by atoms with Crippen LogP contribution in [0.15, 0.2) is 9.98 Å². The van der Waals surface area contributed by atoms with Crippen LogP contribution in [0.2, 0.25) is 0 Å². The molecule has 2 aliphatic heterocycles. The van der Waals surface area contributed by atoms with E-state index in [1.165, 1.54) is 0 Å². The zero-order chi connectivity index (χ0) is 12.1. The van der Waals surface area contributed by atoms with E-state index in [0.717, 1.165) is 25.5 Å². The smallest absolute Gasteiger partial charge is 0.209 e. The second kappa shape index (κ2) is 6.00. The molecule has 17 heavy (non-hydrogen) atoms. The first-order chi connectivity index (χ1) is 8.35. The molecule has 2 aliphatic rings. The van der Waals surface area contributed by atoms with Gasteiger partial charge in [0, 0.05) is 12.5 Å². The quantitative estimate of drug-likeness (QED) is 0.746. The predicted octanol–water partition coefficient (Wildman–Crippen LogP) is 1.28. The summed E-state index contributed by atoms with van der Waals surface area (Å²) < 4.78 is 16.4. The monoisotopic (exact) mass is 240 g/mol. The van der Waals surface area contributed by atoms with Gasteiger partial charge in [-0.15, -0.1) is 0 Å². The topological polar surface area (TPSA) is 52.4 Å². The summed E-state index contributed by atoms with van der Waals surface area (Å²) >= 11 is 0. The third kappa shape index (κ3) is 2.97. The zero-order valence-electron chi connectivity index (χ0n) is 10.5. The van der Waals surface area contributed by atoms with E-state index in [-0.39, 0.29) is 6.04 Å². The summed E-state index contributed by atoms with van der Waals surface area (Å²) in [4.78, 5) is 9.04. The third-order valence-corrected chi connectivity index (χ3v) is 2.92. The van der Waals surface area contributed by atoms with Crippen molar-refractivity contribution in [2.45, 2.75) is 26.3 Å². The maximum Gasteiger partial charge on any atom is 0.209 e. The van der Waals surface area contributed by atoms with Crippen molar-refractivity contribution in [3.05, 3.63) is 0 Å². The Balaban J connectivity index is 2.08. The van der Waals surface area contributed by atoms with Crippen molar-refractivity contribution >= 4 is 11.8 Å². The first-order valence-electron chi connectivity index (χ1n) is 6.29. The molecule has 2 rings (SSSR count). The molecule has 1 unspecified atom stereocenters. The molecule has 1 saturated heterocycles. The van der Waals surface area contributed by atoms with Gasteiger partial charge in [0.15, 0.2) is 0 Å². The zero-order valence-corrected chi connectivity index (χ0v) is 10.5. The van der Waals surface area contributed by atoms with Gasteiger partial charge >= 0.3 is 0 Å². The van der Waals surface area contributed by atoms with Crippen LogP contribution in [0, 0.1) is 5.92 Å². The average Bonchev–Trinajstić information content (AvgIpc) is 2.85. The maximum absolute atomic E-state index is 5.57. The highest BCUT2D eigenvalue weighted by Gasteiger charge is 2.33. The molecule has 5 nitrogen and oxygen atoms in total. The molecule has 2 heterocycles. The van der Waals surface area contributed by atoms with Crippen LogP contribution in [-0.4, -0.2) is 50.8 Å². The highest BCUT2D eigenvalue weighted by molar-refractivity contribution is 5.92. The lowest BCUT2D eigenvalue weighted by molar-refractivity contribution is 0.181. The van der Waals surface area contributed by atoms with E-state index in [4.69, 9.17) is 14.2 Å². The fourth-order valence-electron chi connectivity index (χ4n) is 2.13. The number of aliphatic imine (C=N–C) groups is 2. The molecule has 0 bridgehead atoms. The van der Waals surface area contributed by atoms with Crippen LogP contribution in [-0.2, 0) is 14.2 Å². The van der Waals surface area contributed by atoms with Crippen LogP contribution in [0.25, 0.3) is 0 Å². The van der Waals surface area contributed by atoms with Gasteiger partial charge in [-0.2, -0.15) is 0 Å². The average molecular weight is 240 g/mol. The predicted molar refractivity (Wildman–Crippen MR) is 65.7 cm³/mol. The van der Waals surface area contributed by atoms with E-state index in [1.54, 1.807) is 0 Å². The summed E-state index contributed by atoms with van der Waals surface area (Å²) in [5, 5.41) is 0. The van der Waals surface area contributed by atoms with Gasteiger partial charge in [0.05, 0.1) is 19.8 Å². The molecule has 0 aromatic heterocycles. The standard InChI is InChI=1S/C12H20N2O3/c1-3-16-10-7-13-12(17-4-2)11(14-10)9-5-6-15-8-9/h9,11H,3-8H2,1-2H3/t9?,11-/m0/s1. The van der Waals surface area contributed by atoms with E-state index in [2.05, 4.69) is 9.98 Å². The SMILES string of the molecule is CCOC1=N[C@@H](C2CCOC2)C(OCC)=NC1. The summed E-state index contributed by atoms with van der Waals surface area (Å²) in [7, 11) is 0. The van der Waals surface area contributed by atoms with Crippen molar-refractivity contribution in [1.82, 2.24) is 0 Å². The molecule has 0 aromatic carbocycles. The van der Waals surface area contributed by atoms with E-state index in [9.17, 15) is 0 Å². The van der Waals surface area contributed by atoms with Crippen LogP contribution < -0.4 is 0 Å². The van der Waals surface area contributed by atoms with Gasteiger partial charge in [-0.25, -0.2) is 9.98 Å². The minimum absolute atomic E-state index is 0.0206. The van der Waals surface area contributed by atoms with Gasteiger partial charge in [0.1, 0.15) is 12.6 Å². The largest absolute Gasteiger partial charge is 0.480 e. The Bertz CT molecular complexity index is 309. The fraction of sp³-hybridized carbons (Fsp3) is 0.833. The molecule has 1 fully saturated rings. The van der Waals surface area contributed by atoms with E-state index in [0.29, 0.717) is 31.6 Å². The van der Waals surface area contributed by atoms with Crippen LogP contribution in [0.4, 0.5) is 0 Å². The lowest BCUT2D eigenvalue weighted by Gasteiger charge is -2.24. The Morgan fingerprint density at radius 3 is 2.76 bits per heavy atom. The van der Waals surface area contributed by atoms with Gasteiger partial charge in [-0.3, -0.25) is 0 Å². The lowest BCUT2D eigenvalue weighted by Crippen LogP contribution is -2.36. The van der Waals surface area contributed by atoms with E-state index >= 15 is 0 Å². The molecule has 2 atom stereocenters. The molecule has 0 aromatic rings. The molecule has 0 saturated carbocycles. The second-order valence-corrected chi connectivity index (χ2v) is 4.11. The minimum atomic E-state index is -0.0206. The highest BCUT2D eigenvalue weighted by Crippen LogP contribution is 2.23. The Morgan fingerprint density at radius 1 is 1.29 bits per heavy atom. The Labute approximate surface area is 102 Å². The first-order valence-corrected chi connectivity index (χ1v) is 6.29. The van der Waals surface area contributed by atoms with Gasteiger partial charge < -0.3 is 14.2 Å². The molecule has 0 radical (unpaired) electrons. The highest BCUT2D eigenvalue weighted by atomic mass is 16.5. The molecule has 0 amide bonds. The van der Waals surface area contributed by atoms with Crippen molar-refractivity contribution in [3.63, 3.8) is 0 Å². The summed E-state index contributed by atoms with van der Waals surface area (Å²) in [6.45, 7) is 7.21. The number of nitrogens with zero attached hydrogens (tertiary/aromatic N) is 2. The summed E-state index contributed by atoms with van der Waals surface area (Å²) in [5.74, 6) is 1.83. The van der Waals surface area contributed by atoms with Crippen LogP contribution in [0.3, 0.4) is 0 Å². The fourth-order valence-corrected chi connectivity index (χ4v) is 2.13. The van der Waals surface area contributed by atoms with Crippen LogP contribution in [0.5, 0.6) is 0 Å². The van der Waals surface area contributed by atoms with Crippen molar-refractivity contribution in [2.24, 2.45) is 15.9 Å². The molecule has 0 aliphatic carbocycles. The Kier molecular flexibility index (Phi) is 4.36. The van der Waals surface area contributed by atoms with Crippen molar-refractivity contribution in [1.29, 1.82) is 0 Å². The normalized spacial score (nSPS) is 28.6. The molecule has 0 spiro atoms.